The Labute approximate surface area is 65.8 Å². The summed E-state index contributed by atoms with van der Waals surface area (Å²) in [7, 11) is 1.91. The Balaban J connectivity index is 3.20. The van der Waals surface area contributed by atoms with E-state index in [2.05, 4.69) is 12.0 Å². The second-order valence-corrected chi connectivity index (χ2v) is 2.70. The van der Waals surface area contributed by atoms with Gasteiger partial charge in [-0.25, -0.2) is 0 Å². The first-order valence-electron chi connectivity index (χ1n) is 3.34. The lowest BCUT2D eigenvalue weighted by Gasteiger charge is -1.95. The molecule has 2 nitrogen and oxygen atoms in total. The lowest BCUT2D eigenvalue weighted by molar-refractivity contribution is 0.711. The minimum absolute atomic E-state index is 0.810. The van der Waals surface area contributed by atoms with Crippen LogP contribution in [0.15, 0.2) is 0 Å². The van der Waals surface area contributed by atoms with Crippen LogP contribution in [0.1, 0.15) is 18.3 Å². The van der Waals surface area contributed by atoms with Crippen molar-refractivity contribution in [1.82, 2.24) is 9.78 Å². The molecule has 56 valence electrons. The second kappa shape index (κ2) is 2.62. The predicted octanol–water partition coefficient (Wildman–Crippen LogP) is 1.94. The second-order valence-electron chi connectivity index (χ2n) is 2.32. The van der Waals surface area contributed by atoms with Crippen LogP contribution in [0.25, 0.3) is 0 Å². The standard InChI is InChI=1S/C7H11ClN2/c1-4-6-7(8)5(2)9-10(6)3/h4H2,1-3H3. The zero-order valence-electron chi connectivity index (χ0n) is 6.48. The van der Waals surface area contributed by atoms with E-state index in [-0.39, 0.29) is 0 Å². The third-order valence-electron chi connectivity index (χ3n) is 1.60. The summed E-state index contributed by atoms with van der Waals surface area (Å²) in [5, 5.41) is 4.98. The van der Waals surface area contributed by atoms with Crippen molar-refractivity contribution in [2.75, 3.05) is 0 Å². The molecule has 0 aliphatic carbocycles. The molecule has 0 aromatic carbocycles. The van der Waals surface area contributed by atoms with Gasteiger partial charge < -0.3 is 0 Å². The first-order valence-corrected chi connectivity index (χ1v) is 3.72. The van der Waals surface area contributed by atoms with Crippen LogP contribution in [0.4, 0.5) is 0 Å². The van der Waals surface area contributed by atoms with Crippen molar-refractivity contribution in [1.29, 1.82) is 0 Å². The zero-order valence-corrected chi connectivity index (χ0v) is 7.24. The molecule has 0 aliphatic heterocycles. The van der Waals surface area contributed by atoms with Crippen LogP contribution in [0.3, 0.4) is 0 Å². The van der Waals surface area contributed by atoms with Crippen molar-refractivity contribution >= 4 is 11.6 Å². The summed E-state index contributed by atoms with van der Waals surface area (Å²) >= 11 is 5.93. The highest BCUT2D eigenvalue weighted by atomic mass is 35.5. The Morgan fingerprint density at radius 2 is 2.20 bits per heavy atom. The third kappa shape index (κ3) is 1.03. The van der Waals surface area contributed by atoms with Crippen LogP contribution >= 0.6 is 11.6 Å². The highest BCUT2D eigenvalue weighted by Gasteiger charge is 2.07. The predicted molar refractivity (Wildman–Crippen MR) is 42.3 cm³/mol. The summed E-state index contributed by atoms with van der Waals surface area (Å²) in [5.74, 6) is 0. The molecule has 1 heterocycles. The van der Waals surface area contributed by atoms with Crippen molar-refractivity contribution in [2.24, 2.45) is 7.05 Å². The molecule has 0 aliphatic rings. The van der Waals surface area contributed by atoms with Gasteiger partial charge in [0.2, 0.25) is 0 Å². The maximum Gasteiger partial charge on any atom is 0.0846 e. The van der Waals surface area contributed by atoms with Crippen LogP contribution in [-0.4, -0.2) is 9.78 Å². The minimum atomic E-state index is 0.810. The van der Waals surface area contributed by atoms with Crippen LogP contribution < -0.4 is 0 Å². The molecule has 0 atom stereocenters. The Kier molecular flexibility index (Phi) is 2.00. The average Bonchev–Trinajstić information content (AvgIpc) is 2.09. The summed E-state index contributed by atoms with van der Waals surface area (Å²) in [6.07, 6.45) is 0.941. The van der Waals surface area contributed by atoms with E-state index in [4.69, 9.17) is 11.6 Å². The maximum absolute atomic E-state index is 5.93. The zero-order chi connectivity index (χ0) is 7.72. The lowest BCUT2D eigenvalue weighted by Crippen LogP contribution is -1.95. The van der Waals surface area contributed by atoms with Gasteiger partial charge in [-0.15, -0.1) is 0 Å². The molecule has 10 heavy (non-hydrogen) atoms. The Hall–Kier alpha value is -0.500. The SMILES string of the molecule is CCc1c(Cl)c(C)nn1C. The summed E-state index contributed by atoms with van der Waals surface area (Å²) in [6, 6.07) is 0. The fourth-order valence-corrected chi connectivity index (χ4v) is 1.36. The normalized spacial score (nSPS) is 10.4. The monoisotopic (exact) mass is 158 g/mol. The van der Waals surface area contributed by atoms with Crippen LogP contribution in [0.2, 0.25) is 5.02 Å². The molecule has 1 aromatic heterocycles. The molecule has 0 saturated carbocycles. The smallest absolute Gasteiger partial charge is 0.0846 e. The Morgan fingerprint density at radius 1 is 1.60 bits per heavy atom. The number of rotatable bonds is 1. The van der Waals surface area contributed by atoms with E-state index in [1.165, 1.54) is 0 Å². The summed E-state index contributed by atoms with van der Waals surface area (Å²) in [6.45, 7) is 3.99. The number of aromatic nitrogens is 2. The molecule has 3 heteroatoms. The molecule has 0 N–H and O–H groups in total. The molecule has 0 amide bonds. The van der Waals surface area contributed by atoms with Gasteiger partial charge in [-0.1, -0.05) is 18.5 Å². The summed E-state index contributed by atoms with van der Waals surface area (Å²) in [4.78, 5) is 0. The van der Waals surface area contributed by atoms with E-state index in [0.717, 1.165) is 22.8 Å². The molecular formula is C7H11ClN2. The van der Waals surface area contributed by atoms with E-state index in [9.17, 15) is 0 Å². The highest BCUT2D eigenvalue weighted by Crippen LogP contribution is 2.18. The first kappa shape index (κ1) is 7.61. The molecule has 1 rings (SSSR count). The molecular weight excluding hydrogens is 148 g/mol. The van der Waals surface area contributed by atoms with Gasteiger partial charge in [0.15, 0.2) is 0 Å². The molecule has 0 spiro atoms. The van der Waals surface area contributed by atoms with Gasteiger partial charge in [0.05, 0.1) is 16.4 Å². The van der Waals surface area contributed by atoms with Crippen LogP contribution in [0.5, 0.6) is 0 Å². The maximum atomic E-state index is 5.93. The van der Waals surface area contributed by atoms with E-state index >= 15 is 0 Å². The number of nitrogens with zero attached hydrogens (tertiary/aromatic N) is 2. The number of halogens is 1. The number of hydrogen-bond acceptors (Lipinski definition) is 1. The van der Waals surface area contributed by atoms with Crippen LogP contribution in [0, 0.1) is 6.92 Å². The first-order chi connectivity index (χ1) is 4.66. The van der Waals surface area contributed by atoms with Gasteiger partial charge >= 0.3 is 0 Å². The van der Waals surface area contributed by atoms with Crippen molar-refractivity contribution in [2.45, 2.75) is 20.3 Å². The fraction of sp³-hybridized carbons (Fsp3) is 0.571. The van der Waals surface area contributed by atoms with Crippen molar-refractivity contribution in [3.05, 3.63) is 16.4 Å². The van der Waals surface area contributed by atoms with Gasteiger partial charge in [-0.3, -0.25) is 4.68 Å². The van der Waals surface area contributed by atoms with Gasteiger partial charge in [0.25, 0.3) is 0 Å². The van der Waals surface area contributed by atoms with Crippen molar-refractivity contribution < 1.29 is 0 Å². The van der Waals surface area contributed by atoms with E-state index in [1.807, 2.05) is 18.7 Å². The van der Waals surface area contributed by atoms with Gasteiger partial charge in [-0.05, 0) is 13.3 Å². The summed E-state index contributed by atoms with van der Waals surface area (Å²) < 4.78 is 1.83. The molecule has 0 fully saturated rings. The lowest BCUT2D eigenvalue weighted by atomic mass is 10.3. The molecule has 0 unspecified atom stereocenters. The average molecular weight is 159 g/mol. The number of aryl methyl sites for hydroxylation is 2. The Morgan fingerprint density at radius 3 is 2.40 bits per heavy atom. The van der Waals surface area contributed by atoms with Gasteiger partial charge in [-0.2, -0.15) is 5.10 Å². The quantitative estimate of drug-likeness (QED) is 0.611. The number of hydrogen-bond donors (Lipinski definition) is 0. The molecule has 1 aromatic rings. The van der Waals surface area contributed by atoms with Crippen molar-refractivity contribution in [3.8, 4) is 0 Å². The molecule has 0 saturated heterocycles. The van der Waals surface area contributed by atoms with E-state index < -0.39 is 0 Å². The minimum Gasteiger partial charge on any atom is -0.271 e. The van der Waals surface area contributed by atoms with Crippen LogP contribution in [-0.2, 0) is 13.5 Å². The van der Waals surface area contributed by atoms with Crippen molar-refractivity contribution in [3.63, 3.8) is 0 Å². The van der Waals surface area contributed by atoms with Gasteiger partial charge in [0.1, 0.15) is 0 Å². The molecule has 0 radical (unpaired) electrons. The highest BCUT2D eigenvalue weighted by molar-refractivity contribution is 6.31. The Bertz CT molecular complexity index is 240. The topological polar surface area (TPSA) is 17.8 Å². The van der Waals surface area contributed by atoms with E-state index in [0.29, 0.717) is 0 Å². The molecule has 0 bridgehead atoms. The summed E-state index contributed by atoms with van der Waals surface area (Å²) in [5.41, 5.74) is 2.03. The van der Waals surface area contributed by atoms with Gasteiger partial charge in [0, 0.05) is 7.05 Å². The van der Waals surface area contributed by atoms with E-state index in [1.54, 1.807) is 0 Å². The third-order valence-corrected chi connectivity index (χ3v) is 2.09. The largest absolute Gasteiger partial charge is 0.271 e. The fourth-order valence-electron chi connectivity index (χ4n) is 1.06.